The minimum absolute atomic E-state index is 0.00925. The van der Waals surface area contributed by atoms with Crippen LogP contribution in [-0.4, -0.2) is 47.4 Å². The number of allylic oxidation sites excluding steroid dienone is 4. The van der Waals surface area contributed by atoms with Gasteiger partial charge in [-0.3, -0.25) is 9.59 Å². The van der Waals surface area contributed by atoms with Crippen LogP contribution >= 0.6 is 0 Å². The normalized spacial score (nSPS) is 12.7. The lowest BCUT2D eigenvalue weighted by molar-refractivity contribution is -0.143. The Hall–Kier alpha value is -1.66. The highest BCUT2D eigenvalue weighted by molar-refractivity contribution is 5.76. The van der Waals surface area contributed by atoms with Crippen molar-refractivity contribution >= 4 is 11.9 Å². The molecule has 0 bridgehead atoms. The van der Waals surface area contributed by atoms with Crippen molar-refractivity contribution in [1.29, 1.82) is 0 Å². The molecule has 6 heteroatoms. The number of rotatable bonds is 62. The van der Waals surface area contributed by atoms with E-state index in [4.69, 9.17) is 4.74 Å². The van der Waals surface area contributed by atoms with Crippen LogP contribution in [0, 0.1) is 0 Å². The van der Waals surface area contributed by atoms with E-state index in [0.717, 1.165) is 44.9 Å². The SMILES string of the molecule is CCCCCCCCCCCCCCCCCCCCCCC(O)C(CO)NC(=O)CCCCCCCCCCC/C=C\C/C=C\CCCCCCCCCCCOC(=O)CCCCCCCCCCCCC. The van der Waals surface area contributed by atoms with E-state index >= 15 is 0 Å². The number of unbranched alkanes of at least 4 members (excludes halogenated alkanes) is 47. The number of hydrogen-bond donors (Lipinski definition) is 3. The summed E-state index contributed by atoms with van der Waals surface area (Å²) in [6.45, 7) is 4.97. The Bertz CT molecular complexity index is 1140. The lowest BCUT2D eigenvalue weighted by Gasteiger charge is -2.22. The second-order valence-corrected chi connectivity index (χ2v) is 22.8. The third-order valence-corrected chi connectivity index (χ3v) is 15.5. The average Bonchev–Trinajstić information content (AvgIpc) is 3.39. The van der Waals surface area contributed by atoms with Crippen molar-refractivity contribution in [3.05, 3.63) is 24.3 Å². The Morgan fingerprint density at radius 3 is 1.04 bits per heavy atom. The number of esters is 1. The Balaban J connectivity index is 3.44. The molecule has 432 valence electrons. The van der Waals surface area contributed by atoms with E-state index in [2.05, 4.69) is 43.5 Å². The minimum atomic E-state index is -0.669. The van der Waals surface area contributed by atoms with Crippen molar-refractivity contribution in [3.63, 3.8) is 0 Å². The van der Waals surface area contributed by atoms with Gasteiger partial charge in [-0.25, -0.2) is 0 Å². The molecule has 0 rings (SSSR count). The highest BCUT2D eigenvalue weighted by Crippen LogP contribution is 2.18. The van der Waals surface area contributed by atoms with Crippen LogP contribution in [0.5, 0.6) is 0 Å². The third-order valence-electron chi connectivity index (χ3n) is 15.5. The molecule has 0 aliphatic rings. The maximum absolute atomic E-state index is 12.5. The van der Waals surface area contributed by atoms with Crippen molar-refractivity contribution < 1.29 is 24.5 Å². The molecule has 0 aliphatic heterocycles. The highest BCUT2D eigenvalue weighted by Gasteiger charge is 2.20. The molecule has 73 heavy (non-hydrogen) atoms. The predicted octanol–water partition coefficient (Wildman–Crippen LogP) is 21.0. The summed E-state index contributed by atoms with van der Waals surface area (Å²) in [4.78, 5) is 24.5. The first-order valence-electron chi connectivity index (χ1n) is 33.1. The van der Waals surface area contributed by atoms with Crippen molar-refractivity contribution in [2.75, 3.05) is 13.2 Å². The van der Waals surface area contributed by atoms with E-state index in [-0.39, 0.29) is 18.5 Å². The maximum Gasteiger partial charge on any atom is 0.305 e. The van der Waals surface area contributed by atoms with E-state index in [1.807, 2.05) is 0 Å². The molecule has 2 unspecified atom stereocenters. The quantitative estimate of drug-likeness (QED) is 0.0320. The van der Waals surface area contributed by atoms with Gasteiger partial charge in [0, 0.05) is 12.8 Å². The van der Waals surface area contributed by atoms with Gasteiger partial charge in [-0.05, 0) is 57.8 Å². The number of carbonyl (C=O) groups is 2. The van der Waals surface area contributed by atoms with E-state index in [9.17, 15) is 19.8 Å². The molecule has 3 N–H and O–H groups in total. The Kier molecular flexibility index (Phi) is 61.4. The van der Waals surface area contributed by atoms with Crippen LogP contribution in [0.2, 0.25) is 0 Å². The fourth-order valence-electron chi connectivity index (χ4n) is 10.4. The number of amides is 1. The first-order valence-corrected chi connectivity index (χ1v) is 33.1. The summed E-state index contributed by atoms with van der Waals surface area (Å²) < 4.78 is 5.46. The Labute approximate surface area is 456 Å². The van der Waals surface area contributed by atoms with Gasteiger partial charge in [-0.2, -0.15) is 0 Å². The highest BCUT2D eigenvalue weighted by atomic mass is 16.5. The Morgan fingerprint density at radius 1 is 0.384 bits per heavy atom. The van der Waals surface area contributed by atoms with Crippen molar-refractivity contribution in [2.24, 2.45) is 0 Å². The largest absolute Gasteiger partial charge is 0.466 e. The lowest BCUT2D eigenvalue weighted by Crippen LogP contribution is -2.45. The average molecular weight is 1030 g/mol. The number of aliphatic hydroxyl groups is 2. The van der Waals surface area contributed by atoms with Crippen molar-refractivity contribution in [2.45, 2.75) is 379 Å². The number of aliphatic hydroxyl groups excluding tert-OH is 2. The van der Waals surface area contributed by atoms with E-state index in [1.165, 1.54) is 289 Å². The molecule has 0 fully saturated rings. The molecule has 0 aliphatic carbocycles. The molecule has 6 nitrogen and oxygen atoms in total. The molecule has 0 aromatic heterocycles. The van der Waals surface area contributed by atoms with Crippen LogP contribution in [0.25, 0.3) is 0 Å². The van der Waals surface area contributed by atoms with Crippen LogP contribution in [0.3, 0.4) is 0 Å². The van der Waals surface area contributed by atoms with Crippen LogP contribution in [0.1, 0.15) is 367 Å². The second-order valence-electron chi connectivity index (χ2n) is 22.8. The third kappa shape index (κ3) is 59.4. The first-order chi connectivity index (χ1) is 36.0. The number of ether oxygens (including phenoxy) is 1. The first kappa shape index (κ1) is 71.3. The van der Waals surface area contributed by atoms with Gasteiger partial charge in [0.15, 0.2) is 0 Å². The van der Waals surface area contributed by atoms with Crippen LogP contribution in [0.4, 0.5) is 0 Å². The molecule has 0 radical (unpaired) electrons. The topological polar surface area (TPSA) is 95.9 Å². The minimum Gasteiger partial charge on any atom is -0.466 e. The summed E-state index contributed by atoms with van der Waals surface area (Å²) in [5.74, 6) is -0.0282. The molecule has 0 aromatic carbocycles. The zero-order chi connectivity index (χ0) is 52.9. The van der Waals surface area contributed by atoms with Crippen molar-refractivity contribution in [3.8, 4) is 0 Å². The number of hydrogen-bond acceptors (Lipinski definition) is 5. The van der Waals surface area contributed by atoms with E-state index < -0.39 is 12.1 Å². The second kappa shape index (κ2) is 62.9. The van der Waals surface area contributed by atoms with Gasteiger partial charge in [0.25, 0.3) is 0 Å². The molecule has 0 aromatic rings. The van der Waals surface area contributed by atoms with E-state index in [0.29, 0.717) is 25.9 Å². The number of carbonyl (C=O) groups excluding carboxylic acids is 2. The van der Waals surface area contributed by atoms with Gasteiger partial charge in [0.2, 0.25) is 5.91 Å². The monoisotopic (exact) mass is 1030 g/mol. The van der Waals surface area contributed by atoms with Crippen LogP contribution in [0.15, 0.2) is 24.3 Å². The van der Waals surface area contributed by atoms with Gasteiger partial charge >= 0.3 is 5.97 Å². The Morgan fingerprint density at radius 2 is 0.685 bits per heavy atom. The molecule has 0 saturated heterocycles. The van der Waals surface area contributed by atoms with Gasteiger partial charge in [0.05, 0.1) is 25.4 Å². The van der Waals surface area contributed by atoms with Gasteiger partial charge in [0.1, 0.15) is 0 Å². The maximum atomic E-state index is 12.5. The van der Waals surface area contributed by atoms with E-state index in [1.54, 1.807) is 0 Å². The molecular weight excluding hydrogens is 899 g/mol. The number of nitrogens with one attached hydrogen (secondary N) is 1. The predicted molar refractivity (Wildman–Crippen MR) is 320 cm³/mol. The van der Waals surface area contributed by atoms with Crippen LogP contribution in [-0.2, 0) is 14.3 Å². The van der Waals surface area contributed by atoms with Crippen LogP contribution < -0.4 is 5.32 Å². The smallest absolute Gasteiger partial charge is 0.305 e. The molecule has 0 spiro atoms. The zero-order valence-electron chi connectivity index (χ0n) is 49.4. The van der Waals surface area contributed by atoms with Gasteiger partial charge in [-0.1, -0.05) is 321 Å². The summed E-state index contributed by atoms with van der Waals surface area (Å²) in [6.07, 6.45) is 77.7. The fraction of sp³-hybridized carbons (Fsp3) is 0.910. The molecule has 2 atom stereocenters. The fourth-order valence-corrected chi connectivity index (χ4v) is 10.4. The molecular formula is C67H129NO5. The summed E-state index contributed by atoms with van der Waals surface area (Å²) in [5.41, 5.74) is 0. The zero-order valence-corrected chi connectivity index (χ0v) is 49.4. The summed E-state index contributed by atoms with van der Waals surface area (Å²) in [6, 6.07) is -0.547. The molecule has 1 amide bonds. The lowest BCUT2D eigenvalue weighted by atomic mass is 10.0. The van der Waals surface area contributed by atoms with Gasteiger partial charge < -0.3 is 20.3 Å². The molecule has 0 saturated carbocycles. The summed E-state index contributed by atoms with van der Waals surface area (Å²) >= 11 is 0. The summed E-state index contributed by atoms with van der Waals surface area (Å²) in [5, 5.41) is 23.4. The summed E-state index contributed by atoms with van der Waals surface area (Å²) in [7, 11) is 0. The van der Waals surface area contributed by atoms with Crippen molar-refractivity contribution in [1.82, 2.24) is 5.32 Å². The molecule has 0 heterocycles. The standard InChI is InChI=1S/C67H129NO5/c1-3-5-7-9-11-13-15-16-17-18-19-27-30-33-36-40-43-47-51-55-59-65(70)64(63-69)68-66(71)60-56-52-48-44-41-37-34-31-28-25-23-21-20-22-24-26-29-32-35-38-42-46-50-54-58-62-73-67(72)61-57-53-49-45-39-14-12-10-8-6-4-2/h21-24,64-65,69-70H,3-20,25-63H2,1-2H3,(H,68,71)/b23-21-,24-22-. The van der Waals surface area contributed by atoms with Gasteiger partial charge in [-0.15, -0.1) is 0 Å².